The van der Waals surface area contributed by atoms with E-state index in [-0.39, 0.29) is 34.4 Å². The number of hydrogen-bond donors (Lipinski definition) is 2. The van der Waals surface area contributed by atoms with Crippen molar-refractivity contribution >= 4 is 27.3 Å². The summed E-state index contributed by atoms with van der Waals surface area (Å²) in [5.41, 5.74) is 7.14. The Hall–Kier alpha value is -1.89. The highest BCUT2D eigenvalue weighted by atomic mass is 35.5. The van der Waals surface area contributed by atoms with E-state index in [1.54, 1.807) is 30.3 Å². The summed E-state index contributed by atoms with van der Waals surface area (Å²) in [6.07, 6.45) is 3.29. The smallest absolute Gasteiger partial charge is 0.221 e. The van der Waals surface area contributed by atoms with Crippen LogP contribution in [0.25, 0.3) is 0 Å². The molecule has 0 unspecified atom stereocenters. The fourth-order valence-electron chi connectivity index (χ4n) is 4.02. The lowest BCUT2D eigenvalue weighted by Gasteiger charge is -2.40. The van der Waals surface area contributed by atoms with Crippen molar-refractivity contribution < 1.29 is 13.2 Å². The molecular formula is C22H27ClN2O3S. The van der Waals surface area contributed by atoms with Gasteiger partial charge in [-0.05, 0) is 55.5 Å². The highest BCUT2D eigenvalue weighted by Gasteiger charge is 2.36. The zero-order chi connectivity index (χ0) is 20.9. The summed E-state index contributed by atoms with van der Waals surface area (Å²) in [4.78, 5) is 12.6. The zero-order valence-corrected chi connectivity index (χ0v) is 17.9. The number of benzene rings is 2. The van der Waals surface area contributed by atoms with Crippen molar-refractivity contribution in [2.75, 3.05) is 12.3 Å². The second kappa shape index (κ2) is 9.28. The summed E-state index contributed by atoms with van der Waals surface area (Å²) >= 11 is 6.15. The summed E-state index contributed by atoms with van der Waals surface area (Å²) in [5.74, 6) is -0.414. The van der Waals surface area contributed by atoms with Crippen molar-refractivity contribution in [2.24, 2.45) is 5.73 Å². The van der Waals surface area contributed by atoms with Crippen LogP contribution in [0.3, 0.4) is 0 Å². The van der Waals surface area contributed by atoms with Crippen LogP contribution in [0.5, 0.6) is 0 Å². The van der Waals surface area contributed by atoms with Gasteiger partial charge in [0.2, 0.25) is 5.91 Å². The Kier molecular flexibility index (Phi) is 6.98. The van der Waals surface area contributed by atoms with Crippen LogP contribution in [0.4, 0.5) is 0 Å². The summed E-state index contributed by atoms with van der Waals surface area (Å²) in [5, 5.41) is 3.70. The van der Waals surface area contributed by atoms with Crippen molar-refractivity contribution in [1.29, 1.82) is 0 Å². The van der Waals surface area contributed by atoms with Gasteiger partial charge in [0.25, 0.3) is 0 Å². The largest absolute Gasteiger partial charge is 0.353 e. The van der Waals surface area contributed by atoms with Gasteiger partial charge in [0.1, 0.15) is 0 Å². The number of halogens is 1. The van der Waals surface area contributed by atoms with Gasteiger partial charge in [-0.3, -0.25) is 4.79 Å². The fraction of sp³-hybridized carbons (Fsp3) is 0.409. The van der Waals surface area contributed by atoms with Crippen LogP contribution >= 0.6 is 11.6 Å². The number of nitrogens with two attached hydrogens (primary N) is 1. The highest BCUT2D eigenvalue weighted by Crippen LogP contribution is 2.39. The van der Waals surface area contributed by atoms with Crippen LogP contribution in [-0.2, 0) is 20.0 Å². The molecule has 1 amide bonds. The lowest BCUT2D eigenvalue weighted by atomic mass is 9.68. The maximum Gasteiger partial charge on any atom is 0.221 e. The molecule has 0 atom stereocenters. The first-order valence-electron chi connectivity index (χ1n) is 9.88. The van der Waals surface area contributed by atoms with Crippen molar-refractivity contribution in [1.82, 2.24) is 5.32 Å². The van der Waals surface area contributed by atoms with E-state index in [0.29, 0.717) is 11.6 Å². The van der Waals surface area contributed by atoms with Gasteiger partial charge in [-0.15, -0.1) is 0 Å². The second-order valence-corrected chi connectivity index (χ2v) is 10.3. The molecule has 0 heterocycles. The van der Waals surface area contributed by atoms with Gasteiger partial charge >= 0.3 is 0 Å². The van der Waals surface area contributed by atoms with Crippen LogP contribution in [-0.4, -0.2) is 32.7 Å². The Bertz CT molecular complexity index is 940. The molecule has 0 spiro atoms. The maximum atomic E-state index is 12.3. The minimum atomic E-state index is -3.45. The number of nitrogens with one attached hydrogen (secondary N) is 1. The maximum absolute atomic E-state index is 12.3. The minimum Gasteiger partial charge on any atom is -0.353 e. The number of sulfone groups is 1. The molecule has 3 N–H and O–H groups in total. The topological polar surface area (TPSA) is 89.3 Å². The predicted molar refractivity (Wildman–Crippen MR) is 116 cm³/mol. The molecule has 0 aliphatic heterocycles. The van der Waals surface area contributed by atoms with Crippen LogP contribution in [0.2, 0.25) is 5.02 Å². The number of carbonyl (C=O) groups excluding carboxylic acids is 1. The van der Waals surface area contributed by atoms with Crippen molar-refractivity contribution in [3.63, 3.8) is 0 Å². The van der Waals surface area contributed by atoms with Gasteiger partial charge < -0.3 is 11.1 Å². The monoisotopic (exact) mass is 434 g/mol. The van der Waals surface area contributed by atoms with Crippen LogP contribution in [0, 0.1) is 0 Å². The van der Waals surface area contributed by atoms with E-state index in [4.69, 9.17) is 17.3 Å². The van der Waals surface area contributed by atoms with Gasteiger partial charge in [-0.2, -0.15) is 0 Å². The quantitative estimate of drug-likeness (QED) is 0.698. The lowest BCUT2D eigenvalue weighted by Crippen LogP contribution is -2.45. The van der Waals surface area contributed by atoms with E-state index in [1.807, 2.05) is 18.2 Å². The standard InChI is InChI=1S/C22H27ClN2O3S/c23-18-6-4-5-17(15-18)22(16-24)12-9-19(10-13-22)25-21(26)11-14-29(27,28)20-7-2-1-3-8-20/h1-8,15,19H,9-14,16,24H2,(H,25,26). The molecular weight excluding hydrogens is 408 g/mol. The van der Waals surface area contributed by atoms with Crippen LogP contribution in [0.15, 0.2) is 59.5 Å². The minimum absolute atomic E-state index is 0.0376. The molecule has 2 aromatic rings. The van der Waals surface area contributed by atoms with E-state index < -0.39 is 9.84 Å². The van der Waals surface area contributed by atoms with E-state index in [9.17, 15) is 13.2 Å². The second-order valence-electron chi connectivity index (χ2n) is 7.72. The number of rotatable bonds is 7. The van der Waals surface area contributed by atoms with Gasteiger partial charge in [0.05, 0.1) is 10.6 Å². The molecule has 1 fully saturated rings. The first-order chi connectivity index (χ1) is 13.8. The van der Waals surface area contributed by atoms with Crippen molar-refractivity contribution in [2.45, 2.75) is 48.5 Å². The predicted octanol–water partition coefficient (Wildman–Crippen LogP) is 3.46. The molecule has 5 nitrogen and oxygen atoms in total. The summed E-state index contributed by atoms with van der Waals surface area (Å²) < 4.78 is 24.7. The zero-order valence-electron chi connectivity index (χ0n) is 16.3. The summed E-state index contributed by atoms with van der Waals surface area (Å²) in [6, 6.07) is 16.1. The molecule has 2 aromatic carbocycles. The SMILES string of the molecule is NCC1(c2cccc(Cl)c2)CCC(NC(=O)CCS(=O)(=O)c2ccccc2)CC1. The average molecular weight is 435 g/mol. The average Bonchev–Trinajstić information content (AvgIpc) is 2.74. The first-order valence-corrected chi connectivity index (χ1v) is 11.9. The Morgan fingerprint density at radius 2 is 1.79 bits per heavy atom. The Labute approximate surface area is 177 Å². The van der Waals surface area contributed by atoms with E-state index in [0.717, 1.165) is 31.2 Å². The third-order valence-corrected chi connectivity index (χ3v) is 7.80. The molecule has 0 aromatic heterocycles. The molecule has 156 valence electrons. The number of hydrogen-bond acceptors (Lipinski definition) is 4. The van der Waals surface area contributed by atoms with E-state index in [2.05, 4.69) is 11.4 Å². The molecule has 0 saturated heterocycles. The Balaban J connectivity index is 1.53. The van der Waals surface area contributed by atoms with Crippen LogP contribution in [0.1, 0.15) is 37.7 Å². The Morgan fingerprint density at radius 1 is 1.10 bits per heavy atom. The summed E-state index contributed by atoms with van der Waals surface area (Å²) in [6.45, 7) is 0.531. The Morgan fingerprint density at radius 3 is 2.41 bits per heavy atom. The number of amides is 1. The molecule has 3 rings (SSSR count). The third kappa shape index (κ3) is 5.38. The normalized spacial score (nSPS) is 22.2. The summed E-state index contributed by atoms with van der Waals surface area (Å²) in [7, 11) is -3.45. The molecule has 1 saturated carbocycles. The first kappa shape index (κ1) is 21.8. The molecule has 1 aliphatic rings. The van der Waals surface area contributed by atoms with Gasteiger partial charge in [0, 0.05) is 29.4 Å². The fourth-order valence-corrected chi connectivity index (χ4v) is 5.47. The molecule has 7 heteroatoms. The van der Waals surface area contributed by atoms with Gasteiger partial charge in [0.15, 0.2) is 9.84 Å². The molecule has 0 radical (unpaired) electrons. The third-order valence-electron chi connectivity index (χ3n) is 5.84. The van der Waals surface area contributed by atoms with Crippen molar-refractivity contribution in [3.05, 3.63) is 65.2 Å². The highest BCUT2D eigenvalue weighted by molar-refractivity contribution is 7.91. The van der Waals surface area contributed by atoms with E-state index >= 15 is 0 Å². The van der Waals surface area contributed by atoms with Crippen LogP contribution < -0.4 is 11.1 Å². The van der Waals surface area contributed by atoms with Crippen molar-refractivity contribution in [3.8, 4) is 0 Å². The van der Waals surface area contributed by atoms with Gasteiger partial charge in [-0.25, -0.2) is 8.42 Å². The molecule has 29 heavy (non-hydrogen) atoms. The lowest BCUT2D eigenvalue weighted by molar-refractivity contribution is -0.121. The van der Waals surface area contributed by atoms with E-state index in [1.165, 1.54) is 0 Å². The van der Waals surface area contributed by atoms with Gasteiger partial charge in [-0.1, -0.05) is 41.9 Å². The molecule has 1 aliphatic carbocycles. The molecule has 0 bridgehead atoms. The number of carbonyl (C=O) groups is 1.